The summed E-state index contributed by atoms with van der Waals surface area (Å²) < 4.78 is 0. The number of nitrogens with zero attached hydrogens (tertiary/aromatic N) is 2. The maximum atomic E-state index is 10.6. The van der Waals surface area contributed by atoms with E-state index in [1.807, 2.05) is 61.9 Å². The molecule has 0 bridgehead atoms. The molecule has 0 atom stereocenters. The molecule has 0 saturated carbocycles. The Balaban J connectivity index is 0.000000289. The van der Waals surface area contributed by atoms with Crippen LogP contribution in [0.4, 0.5) is 0 Å². The van der Waals surface area contributed by atoms with Gasteiger partial charge in [0.15, 0.2) is 0 Å². The Hall–Kier alpha value is -3.67. The van der Waals surface area contributed by atoms with Crippen molar-refractivity contribution in [1.29, 1.82) is 0 Å². The first-order valence-corrected chi connectivity index (χ1v) is 9.97. The van der Waals surface area contributed by atoms with Gasteiger partial charge in [0.05, 0.1) is 0 Å². The zero-order valence-corrected chi connectivity index (χ0v) is 17.9. The third-order valence-corrected chi connectivity index (χ3v) is 4.36. The molecule has 0 saturated heterocycles. The topological polar surface area (TPSA) is 80.9 Å². The van der Waals surface area contributed by atoms with E-state index in [1.54, 1.807) is 18.5 Å². The van der Waals surface area contributed by atoms with E-state index in [4.69, 9.17) is 0 Å². The van der Waals surface area contributed by atoms with Crippen LogP contribution in [0.2, 0.25) is 0 Å². The smallest absolute Gasteiger partial charge is 0.150 e. The number of carbonyl (C=O) groups is 1. The Morgan fingerprint density at radius 2 is 1.25 bits per heavy atom. The van der Waals surface area contributed by atoms with Crippen LogP contribution in [0, 0.1) is 0 Å². The van der Waals surface area contributed by atoms with Crippen LogP contribution < -0.4 is 11.1 Å². The van der Waals surface area contributed by atoms with Gasteiger partial charge in [0, 0.05) is 36.9 Å². The molecule has 2 aromatic heterocycles. The Bertz CT molecular complexity index is 1040. The van der Waals surface area contributed by atoms with Crippen LogP contribution >= 0.6 is 0 Å². The average Bonchev–Trinajstić information content (AvgIpc) is 2.87. The normalized spacial score (nSPS) is 9.22. The van der Waals surface area contributed by atoms with Gasteiger partial charge in [0.2, 0.25) is 0 Å². The van der Waals surface area contributed by atoms with E-state index in [0.717, 1.165) is 24.0 Å². The molecule has 0 aliphatic carbocycles. The molecule has 2 heterocycles. The predicted molar refractivity (Wildman–Crippen MR) is 134 cm³/mol. The van der Waals surface area contributed by atoms with E-state index in [1.165, 1.54) is 23.7 Å². The van der Waals surface area contributed by atoms with Gasteiger partial charge in [-0.05, 0) is 78.3 Å². The second-order valence-electron chi connectivity index (χ2n) is 6.45. The zero-order chi connectivity index (χ0) is 22.3. The van der Waals surface area contributed by atoms with Crippen molar-refractivity contribution in [2.75, 3.05) is 14.1 Å². The first-order valence-electron chi connectivity index (χ1n) is 9.97. The summed E-state index contributed by atoms with van der Waals surface area (Å²) in [5.74, 6) is 0. The monoisotopic (exact) mass is 428 g/mol. The van der Waals surface area contributed by atoms with E-state index < -0.39 is 0 Å². The lowest BCUT2D eigenvalue weighted by Gasteiger charge is -2.04. The van der Waals surface area contributed by atoms with Gasteiger partial charge in [-0.15, -0.1) is 0 Å². The molecule has 0 aliphatic heterocycles. The zero-order valence-electron chi connectivity index (χ0n) is 17.9. The molecular weight excluding hydrogens is 396 g/mol. The van der Waals surface area contributed by atoms with Crippen LogP contribution in [-0.2, 0) is 6.54 Å². The van der Waals surface area contributed by atoms with Crippen LogP contribution in [0.3, 0.4) is 0 Å². The van der Waals surface area contributed by atoms with E-state index in [2.05, 4.69) is 45.3 Å². The first kappa shape index (κ1) is 26.4. The summed E-state index contributed by atoms with van der Waals surface area (Å²) in [6, 6.07) is 23.9. The van der Waals surface area contributed by atoms with Crippen molar-refractivity contribution in [2.24, 2.45) is 5.73 Å². The lowest BCUT2D eigenvalue weighted by atomic mass is 10.0. The second kappa shape index (κ2) is 15.2. The number of pyridine rings is 2. The van der Waals surface area contributed by atoms with Gasteiger partial charge in [0.1, 0.15) is 6.29 Å². The predicted octanol–water partition coefficient (Wildman–Crippen LogP) is 5.24. The van der Waals surface area contributed by atoms with Gasteiger partial charge in [-0.25, -0.2) is 0 Å². The Morgan fingerprint density at radius 1 is 0.750 bits per heavy atom. The highest BCUT2D eigenvalue weighted by atomic mass is 16.1. The molecule has 0 amide bonds. The minimum Gasteiger partial charge on any atom is -0.333 e. The standard InChI is InChI=1S/C13H14N2.C12H9NO.CH5N.CH4/c1-14-10-11-3-2-4-13(9-11)12-5-7-15-8-6-12;14-9-10-2-1-3-12(8-10)11-4-6-13-7-5-11;1-2;/h2-9,14H,10H2,1H3;1-9H;2H2,1H3;1H4. The van der Waals surface area contributed by atoms with Crippen molar-refractivity contribution in [3.63, 3.8) is 0 Å². The maximum Gasteiger partial charge on any atom is 0.150 e. The molecule has 5 nitrogen and oxygen atoms in total. The molecule has 0 aliphatic rings. The van der Waals surface area contributed by atoms with Crippen LogP contribution in [0.1, 0.15) is 23.3 Å². The van der Waals surface area contributed by atoms with Gasteiger partial charge in [0.25, 0.3) is 0 Å². The van der Waals surface area contributed by atoms with Gasteiger partial charge in [-0.3, -0.25) is 14.8 Å². The summed E-state index contributed by atoms with van der Waals surface area (Å²) >= 11 is 0. The molecule has 3 N–H and O–H groups in total. The van der Waals surface area contributed by atoms with Gasteiger partial charge in [-0.1, -0.05) is 43.8 Å². The molecule has 0 fully saturated rings. The highest BCUT2D eigenvalue weighted by Gasteiger charge is 1.98. The fourth-order valence-corrected chi connectivity index (χ4v) is 2.95. The average molecular weight is 429 g/mol. The summed E-state index contributed by atoms with van der Waals surface area (Å²) in [5, 5.41) is 3.15. The van der Waals surface area contributed by atoms with Crippen molar-refractivity contribution in [2.45, 2.75) is 14.0 Å². The maximum absolute atomic E-state index is 10.6. The van der Waals surface area contributed by atoms with Crippen molar-refractivity contribution in [1.82, 2.24) is 15.3 Å². The number of nitrogens with one attached hydrogen (secondary N) is 1. The van der Waals surface area contributed by atoms with Crippen molar-refractivity contribution < 1.29 is 4.79 Å². The fraction of sp³-hybridized carbons (Fsp3) is 0.148. The highest BCUT2D eigenvalue weighted by molar-refractivity contribution is 5.78. The second-order valence-corrected chi connectivity index (χ2v) is 6.45. The quantitative estimate of drug-likeness (QED) is 0.425. The number of carbonyl (C=O) groups excluding carboxylic acids is 1. The van der Waals surface area contributed by atoms with E-state index >= 15 is 0 Å². The van der Waals surface area contributed by atoms with Crippen LogP contribution in [0.15, 0.2) is 97.6 Å². The van der Waals surface area contributed by atoms with Crippen molar-refractivity contribution in [3.05, 3.63) is 109 Å². The van der Waals surface area contributed by atoms with Gasteiger partial charge >= 0.3 is 0 Å². The Morgan fingerprint density at radius 3 is 1.75 bits per heavy atom. The number of hydrogen-bond acceptors (Lipinski definition) is 5. The Kier molecular flexibility index (Phi) is 12.5. The number of rotatable bonds is 5. The summed E-state index contributed by atoms with van der Waals surface area (Å²) in [4.78, 5) is 18.5. The molecule has 0 radical (unpaired) electrons. The minimum absolute atomic E-state index is 0. The SMILES string of the molecule is C.CN.CNCc1cccc(-c2ccncc2)c1.O=Cc1cccc(-c2ccncc2)c1. The summed E-state index contributed by atoms with van der Waals surface area (Å²) in [5.41, 5.74) is 11.1. The number of aromatic nitrogens is 2. The molecule has 4 rings (SSSR count). The lowest BCUT2D eigenvalue weighted by Crippen LogP contribution is -2.04. The first-order chi connectivity index (χ1) is 15.3. The molecule has 0 spiro atoms. The number of nitrogens with two attached hydrogens (primary N) is 1. The van der Waals surface area contributed by atoms with E-state index in [0.29, 0.717) is 5.56 Å². The molecule has 2 aromatic carbocycles. The molecule has 32 heavy (non-hydrogen) atoms. The molecular formula is C27H32N4O. The van der Waals surface area contributed by atoms with Crippen molar-refractivity contribution in [3.8, 4) is 22.3 Å². The largest absolute Gasteiger partial charge is 0.333 e. The lowest BCUT2D eigenvalue weighted by molar-refractivity contribution is 0.112. The highest BCUT2D eigenvalue weighted by Crippen LogP contribution is 2.19. The van der Waals surface area contributed by atoms with Crippen LogP contribution in [0.5, 0.6) is 0 Å². The van der Waals surface area contributed by atoms with Crippen LogP contribution in [0.25, 0.3) is 22.3 Å². The number of hydrogen-bond donors (Lipinski definition) is 2. The summed E-state index contributed by atoms with van der Waals surface area (Å²) in [7, 11) is 3.46. The van der Waals surface area contributed by atoms with E-state index in [9.17, 15) is 4.79 Å². The number of aldehydes is 1. The molecule has 4 aromatic rings. The Labute approximate surface area is 191 Å². The molecule has 166 valence electrons. The van der Waals surface area contributed by atoms with Crippen LogP contribution in [-0.4, -0.2) is 30.3 Å². The fourth-order valence-electron chi connectivity index (χ4n) is 2.95. The van der Waals surface area contributed by atoms with E-state index in [-0.39, 0.29) is 7.43 Å². The summed E-state index contributed by atoms with van der Waals surface area (Å²) in [6.07, 6.45) is 7.97. The summed E-state index contributed by atoms with van der Waals surface area (Å²) in [6.45, 7) is 0.902. The minimum atomic E-state index is 0. The molecule has 5 heteroatoms. The van der Waals surface area contributed by atoms with Gasteiger partial charge in [-0.2, -0.15) is 0 Å². The third-order valence-electron chi connectivity index (χ3n) is 4.36. The third kappa shape index (κ3) is 8.22. The van der Waals surface area contributed by atoms with Gasteiger partial charge < -0.3 is 11.1 Å². The number of benzene rings is 2. The van der Waals surface area contributed by atoms with Crippen molar-refractivity contribution >= 4 is 6.29 Å². The molecule has 0 unspecified atom stereocenters.